The van der Waals surface area contributed by atoms with E-state index >= 15 is 0 Å². The number of carbonyl (C=O) groups excluding carboxylic acids is 1. The van der Waals surface area contributed by atoms with E-state index in [1.807, 2.05) is 36.4 Å². The van der Waals surface area contributed by atoms with E-state index in [1.165, 1.54) is 4.90 Å². The molecular formula is C20H21N3O4. The smallest absolute Gasteiger partial charge is 0.263 e. The molecule has 0 saturated heterocycles. The molecule has 0 aliphatic rings. The molecule has 0 bridgehead atoms. The summed E-state index contributed by atoms with van der Waals surface area (Å²) in [6.45, 7) is 1.89. The van der Waals surface area contributed by atoms with E-state index in [0.717, 1.165) is 5.56 Å². The molecule has 27 heavy (non-hydrogen) atoms. The topological polar surface area (TPSA) is 77.7 Å². The van der Waals surface area contributed by atoms with Gasteiger partial charge in [-0.1, -0.05) is 41.6 Å². The highest BCUT2D eigenvalue weighted by atomic mass is 16.5. The molecule has 0 saturated carbocycles. The largest absolute Gasteiger partial charge is 0.497 e. The molecule has 0 radical (unpaired) electrons. The van der Waals surface area contributed by atoms with Gasteiger partial charge in [0.15, 0.2) is 6.10 Å². The van der Waals surface area contributed by atoms with Gasteiger partial charge in [0.05, 0.1) is 13.7 Å². The second-order valence-corrected chi connectivity index (χ2v) is 6.01. The molecule has 2 aromatic carbocycles. The first-order chi connectivity index (χ1) is 13.1. The average Bonchev–Trinajstić information content (AvgIpc) is 3.16. The molecule has 1 amide bonds. The van der Waals surface area contributed by atoms with E-state index in [1.54, 1.807) is 39.3 Å². The van der Waals surface area contributed by atoms with Crippen molar-refractivity contribution in [3.8, 4) is 22.9 Å². The van der Waals surface area contributed by atoms with E-state index in [-0.39, 0.29) is 12.5 Å². The Kier molecular flexibility index (Phi) is 5.71. The second kappa shape index (κ2) is 8.35. The molecule has 140 valence electrons. The molecule has 0 unspecified atom stereocenters. The summed E-state index contributed by atoms with van der Waals surface area (Å²) < 4.78 is 16.1. The molecule has 7 nitrogen and oxygen atoms in total. The number of rotatable bonds is 7. The van der Waals surface area contributed by atoms with Crippen molar-refractivity contribution in [2.45, 2.75) is 19.6 Å². The van der Waals surface area contributed by atoms with Crippen LogP contribution in [0, 0.1) is 0 Å². The van der Waals surface area contributed by atoms with Crippen molar-refractivity contribution in [1.82, 2.24) is 15.0 Å². The SMILES string of the molecule is COc1cccc(O[C@@H](C)C(=O)N(C)Cc2nc(-c3ccccc3)no2)c1. The van der Waals surface area contributed by atoms with Crippen LogP contribution in [0.4, 0.5) is 0 Å². The Balaban J connectivity index is 1.61. The Labute approximate surface area is 157 Å². The summed E-state index contributed by atoms with van der Waals surface area (Å²) in [7, 11) is 3.25. The van der Waals surface area contributed by atoms with Crippen molar-refractivity contribution in [3.05, 3.63) is 60.5 Å². The third kappa shape index (κ3) is 4.63. The van der Waals surface area contributed by atoms with Crippen molar-refractivity contribution in [2.75, 3.05) is 14.2 Å². The third-order valence-corrected chi connectivity index (χ3v) is 3.95. The number of amides is 1. The Morgan fingerprint density at radius 3 is 2.63 bits per heavy atom. The normalized spacial score (nSPS) is 11.7. The third-order valence-electron chi connectivity index (χ3n) is 3.95. The van der Waals surface area contributed by atoms with Gasteiger partial charge in [0.1, 0.15) is 11.5 Å². The molecule has 0 aliphatic carbocycles. The Morgan fingerprint density at radius 1 is 1.15 bits per heavy atom. The fraction of sp³-hybridized carbons (Fsp3) is 0.250. The summed E-state index contributed by atoms with van der Waals surface area (Å²) in [6, 6.07) is 16.6. The predicted molar refractivity (Wildman–Crippen MR) is 99.3 cm³/mol. The Morgan fingerprint density at radius 2 is 1.89 bits per heavy atom. The number of aromatic nitrogens is 2. The van der Waals surface area contributed by atoms with Gasteiger partial charge in [0.2, 0.25) is 11.7 Å². The molecule has 0 spiro atoms. The van der Waals surface area contributed by atoms with Gasteiger partial charge in [0, 0.05) is 18.7 Å². The standard InChI is InChI=1S/C20H21N3O4/c1-14(26-17-11-7-10-16(12-17)25-3)20(24)23(2)13-18-21-19(22-27-18)15-8-5-4-6-9-15/h4-12,14H,13H2,1-3H3/t14-/m0/s1. The number of carbonyl (C=O) groups is 1. The molecule has 1 heterocycles. The maximum atomic E-state index is 12.6. The van der Waals surface area contributed by atoms with Crippen molar-refractivity contribution < 1.29 is 18.8 Å². The highest BCUT2D eigenvalue weighted by molar-refractivity contribution is 5.80. The number of hydrogen-bond donors (Lipinski definition) is 0. The Bertz CT molecular complexity index is 895. The van der Waals surface area contributed by atoms with Crippen LogP contribution in [-0.4, -0.2) is 41.2 Å². The van der Waals surface area contributed by atoms with Gasteiger partial charge in [-0.25, -0.2) is 0 Å². The maximum absolute atomic E-state index is 12.6. The van der Waals surface area contributed by atoms with Crippen molar-refractivity contribution in [2.24, 2.45) is 0 Å². The number of nitrogens with zero attached hydrogens (tertiary/aromatic N) is 3. The van der Waals surface area contributed by atoms with E-state index in [4.69, 9.17) is 14.0 Å². The minimum atomic E-state index is -0.668. The van der Waals surface area contributed by atoms with E-state index in [9.17, 15) is 4.79 Å². The van der Waals surface area contributed by atoms with Crippen LogP contribution in [0.1, 0.15) is 12.8 Å². The van der Waals surface area contributed by atoms with Crippen molar-refractivity contribution >= 4 is 5.91 Å². The lowest BCUT2D eigenvalue weighted by Crippen LogP contribution is -2.37. The molecule has 1 atom stereocenters. The summed E-state index contributed by atoms with van der Waals surface area (Å²) in [5.74, 6) is 1.88. The van der Waals surface area contributed by atoms with Crippen molar-refractivity contribution in [1.29, 1.82) is 0 Å². The lowest BCUT2D eigenvalue weighted by molar-refractivity contribution is -0.137. The zero-order valence-electron chi connectivity index (χ0n) is 15.5. The monoisotopic (exact) mass is 367 g/mol. The van der Waals surface area contributed by atoms with Crippen LogP contribution in [0.25, 0.3) is 11.4 Å². The lowest BCUT2D eigenvalue weighted by Gasteiger charge is -2.20. The van der Waals surface area contributed by atoms with Crippen LogP contribution in [0.15, 0.2) is 59.1 Å². The van der Waals surface area contributed by atoms with Gasteiger partial charge in [-0.05, 0) is 19.1 Å². The van der Waals surface area contributed by atoms with Gasteiger partial charge in [-0.15, -0.1) is 0 Å². The molecular weight excluding hydrogens is 346 g/mol. The second-order valence-electron chi connectivity index (χ2n) is 6.01. The minimum absolute atomic E-state index is 0.197. The summed E-state index contributed by atoms with van der Waals surface area (Å²) >= 11 is 0. The number of likely N-dealkylation sites (N-methyl/N-ethyl adjacent to an activating group) is 1. The van der Waals surface area contributed by atoms with E-state index in [2.05, 4.69) is 10.1 Å². The summed E-state index contributed by atoms with van der Waals surface area (Å²) in [5.41, 5.74) is 0.858. The van der Waals surface area contributed by atoms with Crippen LogP contribution in [0.2, 0.25) is 0 Å². The van der Waals surface area contributed by atoms with Crippen LogP contribution >= 0.6 is 0 Å². The first-order valence-corrected chi connectivity index (χ1v) is 8.50. The first kappa shape index (κ1) is 18.4. The Hall–Kier alpha value is -3.35. The molecule has 0 aliphatic heterocycles. The zero-order valence-corrected chi connectivity index (χ0v) is 15.5. The number of ether oxygens (including phenoxy) is 2. The maximum Gasteiger partial charge on any atom is 0.263 e. The molecule has 0 fully saturated rings. The number of methoxy groups -OCH3 is 1. The van der Waals surface area contributed by atoms with Crippen LogP contribution in [0.3, 0.4) is 0 Å². The molecule has 3 aromatic rings. The van der Waals surface area contributed by atoms with Crippen LogP contribution < -0.4 is 9.47 Å². The quantitative estimate of drug-likeness (QED) is 0.638. The van der Waals surface area contributed by atoms with Crippen molar-refractivity contribution in [3.63, 3.8) is 0 Å². The molecule has 1 aromatic heterocycles. The van der Waals surface area contributed by atoms with Gasteiger partial charge in [-0.3, -0.25) is 4.79 Å². The minimum Gasteiger partial charge on any atom is -0.497 e. The summed E-state index contributed by atoms with van der Waals surface area (Å²) in [4.78, 5) is 18.4. The van der Waals surface area contributed by atoms with Gasteiger partial charge < -0.3 is 18.9 Å². The predicted octanol–water partition coefficient (Wildman–Crippen LogP) is 3.17. The fourth-order valence-electron chi connectivity index (χ4n) is 2.54. The highest BCUT2D eigenvalue weighted by Gasteiger charge is 2.21. The first-order valence-electron chi connectivity index (χ1n) is 8.50. The molecule has 7 heteroatoms. The van der Waals surface area contributed by atoms with Gasteiger partial charge >= 0.3 is 0 Å². The zero-order chi connectivity index (χ0) is 19.2. The van der Waals surface area contributed by atoms with Gasteiger partial charge in [0.25, 0.3) is 5.91 Å². The van der Waals surface area contributed by atoms with Crippen LogP contribution in [-0.2, 0) is 11.3 Å². The number of hydrogen-bond acceptors (Lipinski definition) is 6. The summed E-state index contributed by atoms with van der Waals surface area (Å²) in [6.07, 6.45) is -0.668. The molecule has 3 rings (SSSR count). The highest BCUT2D eigenvalue weighted by Crippen LogP contribution is 2.20. The van der Waals surface area contributed by atoms with Crippen LogP contribution in [0.5, 0.6) is 11.5 Å². The van der Waals surface area contributed by atoms with E-state index in [0.29, 0.717) is 23.2 Å². The fourth-order valence-corrected chi connectivity index (χ4v) is 2.54. The van der Waals surface area contributed by atoms with Gasteiger partial charge in [-0.2, -0.15) is 4.98 Å². The molecule has 0 N–H and O–H groups in total. The lowest BCUT2D eigenvalue weighted by atomic mass is 10.2. The number of benzene rings is 2. The average molecular weight is 367 g/mol. The van der Waals surface area contributed by atoms with E-state index < -0.39 is 6.10 Å². The summed E-state index contributed by atoms with van der Waals surface area (Å²) in [5, 5.41) is 3.96.